The molecule has 0 aromatic heterocycles. The third-order valence-electron chi connectivity index (χ3n) is 2.29. The lowest BCUT2D eigenvalue weighted by Crippen LogP contribution is -2.35. The maximum absolute atomic E-state index is 13.0. The van der Waals surface area contributed by atoms with Gasteiger partial charge >= 0.3 is 0 Å². The van der Waals surface area contributed by atoms with Gasteiger partial charge in [-0.3, -0.25) is 4.79 Å². The zero-order valence-electron chi connectivity index (χ0n) is 9.54. The summed E-state index contributed by atoms with van der Waals surface area (Å²) in [7, 11) is 0. The fourth-order valence-electron chi connectivity index (χ4n) is 1.68. The van der Waals surface area contributed by atoms with Crippen molar-refractivity contribution in [1.29, 1.82) is 0 Å². The van der Waals surface area contributed by atoms with E-state index in [4.69, 9.17) is 5.11 Å². The Morgan fingerprint density at radius 1 is 1.35 bits per heavy atom. The van der Waals surface area contributed by atoms with Crippen molar-refractivity contribution in [2.45, 2.75) is 25.8 Å². The van der Waals surface area contributed by atoms with Gasteiger partial charge in [0.25, 0.3) is 0 Å². The lowest BCUT2D eigenvalue weighted by molar-refractivity contribution is -0.119. The predicted molar refractivity (Wildman–Crippen MR) is 59.4 cm³/mol. The van der Waals surface area contributed by atoms with E-state index in [1.54, 1.807) is 0 Å². The number of hydrogen-bond donors (Lipinski definition) is 2. The molecule has 0 saturated heterocycles. The van der Waals surface area contributed by atoms with Gasteiger partial charge in [-0.1, -0.05) is 0 Å². The number of nitrogens with one attached hydrogen (secondary N) is 1. The van der Waals surface area contributed by atoms with Crippen molar-refractivity contribution < 1.29 is 18.7 Å². The van der Waals surface area contributed by atoms with Crippen LogP contribution in [0.3, 0.4) is 0 Å². The van der Waals surface area contributed by atoms with Crippen molar-refractivity contribution in [2.24, 2.45) is 0 Å². The van der Waals surface area contributed by atoms with Gasteiger partial charge in [-0.05, 0) is 30.5 Å². The van der Waals surface area contributed by atoms with Gasteiger partial charge in [-0.2, -0.15) is 0 Å². The van der Waals surface area contributed by atoms with E-state index in [0.717, 1.165) is 6.07 Å². The molecule has 0 aliphatic heterocycles. The molecule has 0 fully saturated rings. The molecular formula is C12H15F2NO2. The molecule has 1 amide bonds. The monoisotopic (exact) mass is 243 g/mol. The number of hydrogen-bond acceptors (Lipinski definition) is 2. The van der Waals surface area contributed by atoms with Gasteiger partial charge in [0.2, 0.25) is 5.91 Å². The van der Waals surface area contributed by atoms with Crippen LogP contribution in [-0.4, -0.2) is 23.7 Å². The average molecular weight is 243 g/mol. The second-order valence-corrected chi connectivity index (χ2v) is 3.89. The minimum absolute atomic E-state index is 0.0945. The first-order valence-electron chi connectivity index (χ1n) is 5.34. The number of rotatable bonds is 5. The standard InChI is InChI=1S/C12H15F2NO2/c1-8(17)15-12(2-3-16)6-9-4-10(13)7-11(14)5-9/h4-5,7,12,16H,2-3,6H2,1H3,(H,15,17). The van der Waals surface area contributed by atoms with Gasteiger partial charge in [0.05, 0.1) is 0 Å². The molecule has 0 bridgehead atoms. The molecule has 94 valence electrons. The summed E-state index contributed by atoms with van der Waals surface area (Å²) < 4.78 is 25.9. The van der Waals surface area contributed by atoms with Crippen LogP contribution in [0.4, 0.5) is 8.78 Å². The molecule has 1 unspecified atom stereocenters. The van der Waals surface area contributed by atoms with Crippen molar-refractivity contribution in [2.75, 3.05) is 6.61 Å². The van der Waals surface area contributed by atoms with Gasteiger partial charge < -0.3 is 10.4 Å². The summed E-state index contributed by atoms with van der Waals surface area (Å²) in [6, 6.07) is 2.91. The molecule has 17 heavy (non-hydrogen) atoms. The third-order valence-corrected chi connectivity index (χ3v) is 2.29. The number of halogens is 2. The van der Waals surface area contributed by atoms with Gasteiger partial charge in [-0.15, -0.1) is 0 Å². The molecule has 0 aliphatic rings. The lowest BCUT2D eigenvalue weighted by Gasteiger charge is -2.16. The smallest absolute Gasteiger partial charge is 0.217 e. The highest BCUT2D eigenvalue weighted by molar-refractivity contribution is 5.73. The van der Waals surface area contributed by atoms with E-state index >= 15 is 0 Å². The maximum atomic E-state index is 13.0. The van der Waals surface area contributed by atoms with Crippen LogP contribution in [0.25, 0.3) is 0 Å². The first-order chi connectivity index (χ1) is 8.01. The second-order valence-electron chi connectivity index (χ2n) is 3.89. The van der Waals surface area contributed by atoms with E-state index in [1.165, 1.54) is 19.1 Å². The Morgan fingerprint density at radius 3 is 2.41 bits per heavy atom. The summed E-state index contributed by atoms with van der Waals surface area (Å²) in [6.45, 7) is 1.26. The van der Waals surface area contributed by atoms with Gasteiger partial charge in [0.15, 0.2) is 0 Å². The zero-order valence-corrected chi connectivity index (χ0v) is 9.54. The summed E-state index contributed by atoms with van der Waals surface area (Å²) >= 11 is 0. The fourth-order valence-corrected chi connectivity index (χ4v) is 1.68. The maximum Gasteiger partial charge on any atom is 0.217 e. The summed E-state index contributed by atoms with van der Waals surface area (Å²) in [6.07, 6.45) is 0.631. The van der Waals surface area contributed by atoms with Crippen molar-refractivity contribution >= 4 is 5.91 Å². The number of aliphatic hydroxyl groups excluding tert-OH is 1. The summed E-state index contributed by atoms with van der Waals surface area (Å²) in [4.78, 5) is 10.9. The Bertz CT molecular complexity index is 376. The van der Waals surface area contributed by atoms with Crippen LogP contribution < -0.4 is 5.32 Å². The number of amides is 1. The van der Waals surface area contributed by atoms with Crippen molar-refractivity contribution in [3.8, 4) is 0 Å². The molecule has 1 atom stereocenters. The van der Waals surface area contributed by atoms with E-state index in [0.29, 0.717) is 12.0 Å². The van der Waals surface area contributed by atoms with E-state index in [1.807, 2.05) is 0 Å². The molecule has 1 aromatic rings. The van der Waals surface area contributed by atoms with Crippen molar-refractivity contribution in [3.05, 3.63) is 35.4 Å². The lowest BCUT2D eigenvalue weighted by atomic mass is 10.0. The molecule has 2 N–H and O–H groups in total. The number of carbonyl (C=O) groups excluding carboxylic acids is 1. The van der Waals surface area contributed by atoms with E-state index in [-0.39, 0.29) is 25.0 Å². The molecule has 0 spiro atoms. The number of benzene rings is 1. The molecule has 5 heteroatoms. The molecule has 0 heterocycles. The molecule has 0 radical (unpaired) electrons. The van der Waals surface area contributed by atoms with Gasteiger partial charge in [-0.25, -0.2) is 8.78 Å². The predicted octanol–water partition coefficient (Wildman–Crippen LogP) is 1.39. The number of aliphatic hydroxyl groups is 1. The Kier molecular flexibility index (Phi) is 5.03. The Hall–Kier alpha value is -1.49. The normalized spacial score (nSPS) is 12.2. The first-order valence-corrected chi connectivity index (χ1v) is 5.34. The Morgan fingerprint density at radius 2 is 1.94 bits per heavy atom. The average Bonchev–Trinajstić information content (AvgIpc) is 2.14. The highest BCUT2D eigenvalue weighted by Gasteiger charge is 2.11. The zero-order chi connectivity index (χ0) is 12.8. The quantitative estimate of drug-likeness (QED) is 0.821. The molecule has 0 aliphatic carbocycles. The van der Waals surface area contributed by atoms with Crippen molar-refractivity contribution in [3.63, 3.8) is 0 Å². The summed E-state index contributed by atoms with van der Waals surface area (Å²) in [5.74, 6) is -1.53. The molecule has 1 aromatic carbocycles. The highest BCUT2D eigenvalue weighted by Crippen LogP contribution is 2.11. The molecule has 0 saturated carbocycles. The number of carbonyl (C=O) groups is 1. The van der Waals surface area contributed by atoms with Crippen LogP contribution in [0.15, 0.2) is 18.2 Å². The van der Waals surface area contributed by atoms with Crippen molar-refractivity contribution in [1.82, 2.24) is 5.32 Å². The van der Waals surface area contributed by atoms with Crippen LogP contribution in [-0.2, 0) is 11.2 Å². The first kappa shape index (κ1) is 13.6. The molecule has 1 rings (SSSR count). The third kappa shape index (κ3) is 4.91. The van der Waals surface area contributed by atoms with Crippen LogP contribution in [0.2, 0.25) is 0 Å². The second kappa shape index (κ2) is 6.30. The Balaban J connectivity index is 2.74. The van der Waals surface area contributed by atoms with E-state index in [2.05, 4.69) is 5.32 Å². The summed E-state index contributed by atoms with van der Waals surface area (Å²) in [5.41, 5.74) is 0.453. The molecular weight excluding hydrogens is 228 g/mol. The van der Waals surface area contributed by atoms with Gasteiger partial charge in [0.1, 0.15) is 11.6 Å². The summed E-state index contributed by atoms with van der Waals surface area (Å²) in [5, 5.41) is 11.5. The minimum atomic E-state index is -0.648. The van der Waals surface area contributed by atoms with Crippen LogP contribution in [0.1, 0.15) is 18.9 Å². The van der Waals surface area contributed by atoms with Crippen LogP contribution in [0.5, 0.6) is 0 Å². The van der Waals surface area contributed by atoms with Crippen LogP contribution >= 0.6 is 0 Å². The molecule has 3 nitrogen and oxygen atoms in total. The fraction of sp³-hybridized carbons (Fsp3) is 0.417. The topological polar surface area (TPSA) is 49.3 Å². The SMILES string of the molecule is CC(=O)NC(CCO)Cc1cc(F)cc(F)c1. The van der Waals surface area contributed by atoms with Gasteiger partial charge in [0, 0.05) is 25.6 Å². The minimum Gasteiger partial charge on any atom is -0.396 e. The van der Waals surface area contributed by atoms with E-state index in [9.17, 15) is 13.6 Å². The largest absolute Gasteiger partial charge is 0.396 e. The highest BCUT2D eigenvalue weighted by atomic mass is 19.1. The van der Waals surface area contributed by atoms with Crippen LogP contribution in [0, 0.1) is 11.6 Å². The Labute approximate surface area is 98.5 Å². The van der Waals surface area contributed by atoms with E-state index < -0.39 is 11.6 Å².